The van der Waals surface area contributed by atoms with Gasteiger partial charge in [-0.15, -0.1) is 0 Å². The van der Waals surface area contributed by atoms with Crippen molar-refractivity contribution < 1.29 is 10.0 Å². The molecule has 0 spiro atoms. The first kappa shape index (κ1) is 29.2. The second-order valence-corrected chi connectivity index (χ2v) is 11.1. The number of carbonyl (C=O) groups is 1. The van der Waals surface area contributed by atoms with E-state index in [9.17, 15) is 10.0 Å². The van der Waals surface area contributed by atoms with Crippen LogP contribution in [0.5, 0.6) is 0 Å². The molecular weight excluding hydrogens is 567 g/mol. The highest BCUT2D eigenvalue weighted by Crippen LogP contribution is 2.37. The summed E-state index contributed by atoms with van der Waals surface area (Å²) < 4.78 is 0. The molecule has 1 aliphatic carbocycles. The Labute approximate surface area is 248 Å². The molecule has 11 nitrogen and oxygen atoms in total. The minimum absolute atomic E-state index is 0.0546. The number of benzene rings is 1. The second-order valence-electron chi connectivity index (χ2n) is 10.2. The Bertz CT molecular complexity index is 1390. The molecule has 41 heavy (non-hydrogen) atoms. The van der Waals surface area contributed by atoms with Gasteiger partial charge in [-0.1, -0.05) is 42.5 Å². The van der Waals surface area contributed by atoms with Crippen LogP contribution in [-0.4, -0.2) is 64.7 Å². The summed E-state index contributed by atoms with van der Waals surface area (Å²) >= 11 is 12.8. The normalized spacial score (nSPS) is 16.6. The standard InChI is InChI=1S/C28H33Cl2N8O3/c29-18-6-7-20(21(30)16-18)27-22(37-15-14-36(17-26(37)39)19-4-2-1-3-5-19)8-10-24(34-27)32-12-13-33-25-11-9-23(38(40)41)28(31)35-25/h6-11,16,19,40H,1-5,12-15,17H2,(H,32,34)(H3,31,33,35)/q-1. The summed E-state index contributed by atoms with van der Waals surface area (Å²) in [4.78, 5) is 26.5. The van der Waals surface area contributed by atoms with Crippen molar-refractivity contribution in [1.29, 1.82) is 0 Å². The smallest absolute Gasteiger partial charge is 0.241 e. The topological polar surface area (TPSA) is 146 Å². The number of rotatable bonds is 9. The fourth-order valence-corrected chi connectivity index (χ4v) is 5.96. The van der Waals surface area contributed by atoms with Gasteiger partial charge in [0.1, 0.15) is 11.6 Å². The fraction of sp³-hybridized carbons (Fsp3) is 0.393. The lowest BCUT2D eigenvalue weighted by molar-refractivity contribution is -0.122. The van der Waals surface area contributed by atoms with E-state index >= 15 is 0 Å². The predicted molar refractivity (Wildman–Crippen MR) is 164 cm³/mol. The van der Waals surface area contributed by atoms with E-state index in [1.165, 1.54) is 25.3 Å². The number of piperazine rings is 1. The van der Waals surface area contributed by atoms with Crippen LogP contribution < -0.4 is 26.5 Å². The molecule has 2 aromatic heterocycles. The van der Waals surface area contributed by atoms with E-state index in [0.717, 1.165) is 19.4 Å². The molecular formula is C28H33Cl2N8O3-. The second kappa shape index (κ2) is 13.1. The SMILES string of the molecule is Nc1nc(NCCNc2ccc(N3CCN(C4CCCCC4)CC3=O)c(-c3ccc(Cl)cc3Cl)n2)ccc1N([O-])O. The number of hydrogen-bond donors (Lipinski definition) is 4. The molecule has 5 N–H and O–H groups in total. The van der Waals surface area contributed by atoms with Gasteiger partial charge in [0.25, 0.3) is 0 Å². The van der Waals surface area contributed by atoms with Crippen LogP contribution in [0.2, 0.25) is 10.0 Å². The monoisotopic (exact) mass is 599 g/mol. The van der Waals surface area contributed by atoms with Crippen LogP contribution in [0.15, 0.2) is 42.5 Å². The number of halogens is 2. The minimum atomic E-state index is -0.322. The average molecular weight is 601 g/mol. The lowest BCUT2D eigenvalue weighted by Crippen LogP contribution is -2.54. The maximum atomic E-state index is 13.4. The first-order valence-corrected chi connectivity index (χ1v) is 14.5. The number of anilines is 5. The molecule has 0 radical (unpaired) electrons. The molecule has 3 aromatic rings. The maximum absolute atomic E-state index is 13.4. The Morgan fingerprint density at radius 1 is 1.00 bits per heavy atom. The molecule has 1 amide bonds. The zero-order chi connectivity index (χ0) is 28.9. The highest BCUT2D eigenvalue weighted by Gasteiger charge is 2.32. The number of pyridine rings is 2. The first-order valence-electron chi connectivity index (χ1n) is 13.7. The molecule has 2 aliphatic rings. The first-order chi connectivity index (χ1) is 19.8. The van der Waals surface area contributed by atoms with E-state index in [-0.39, 0.29) is 22.6 Å². The van der Waals surface area contributed by atoms with E-state index in [0.29, 0.717) is 70.8 Å². The molecule has 13 heteroatoms. The van der Waals surface area contributed by atoms with Gasteiger partial charge < -0.3 is 31.7 Å². The number of nitrogens with two attached hydrogens (primary N) is 1. The third-order valence-corrected chi connectivity index (χ3v) is 8.09. The van der Waals surface area contributed by atoms with Crippen LogP contribution in [0.25, 0.3) is 11.3 Å². The summed E-state index contributed by atoms with van der Waals surface area (Å²) in [5, 5.41) is 27.1. The van der Waals surface area contributed by atoms with Gasteiger partial charge in [-0.25, -0.2) is 9.97 Å². The summed E-state index contributed by atoms with van der Waals surface area (Å²) in [6.45, 7) is 2.75. The largest absolute Gasteiger partial charge is 0.733 e. The van der Waals surface area contributed by atoms with Crippen LogP contribution >= 0.6 is 23.2 Å². The average Bonchev–Trinajstić information content (AvgIpc) is 2.96. The Kier molecular flexibility index (Phi) is 9.31. The summed E-state index contributed by atoms with van der Waals surface area (Å²) in [7, 11) is 0. The van der Waals surface area contributed by atoms with Crippen molar-refractivity contribution in [2.45, 2.75) is 38.1 Å². The molecule has 0 bridgehead atoms. The number of nitrogen functional groups attached to an aromatic ring is 1. The number of hydrogen-bond acceptors (Lipinski definition) is 10. The summed E-state index contributed by atoms with van der Waals surface area (Å²) in [6, 6.07) is 12.4. The van der Waals surface area contributed by atoms with Crippen molar-refractivity contribution in [3.8, 4) is 11.3 Å². The zero-order valence-electron chi connectivity index (χ0n) is 22.5. The zero-order valence-corrected chi connectivity index (χ0v) is 24.0. The van der Waals surface area contributed by atoms with Gasteiger partial charge in [-0.2, -0.15) is 0 Å². The molecule has 1 saturated carbocycles. The Morgan fingerprint density at radius 2 is 1.71 bits per heavy atom. The highest BCUT2D eigenvalue weighted by atomic mass is 35.5. The molecule has 3 heterocycles. The Hall–Kier alpha value is -3.35. The van der Waals surface area contributed by atoms with Crippen molar-refractivity contribution in [2.24, 2.45) is 0 Å². The van der Waals surface area contributed by atoms with Crippen molar-refractivity contribution >= 4 is 57.9 Å². The third-order valence-electron chi connectivity index (χ3n) is 7.54. The van der Waals surface area contributed by atoms with Crippen molar-refractivity contribution in [3.63, 3.8) is 0 Å². The molecule has 5 rings (SSSR count). The molecule has 218 valence electrons. The maximum Gasteiger partial charge on any atom is 0.241 e. The number of aromatic nitrogens is 2. The van der Waals surface area contributed by atoms with Gasteiger partial charge in [-0.05, 0) is 55.3 Å². The molecule has 2 fully saturated rings. The van der Waals surface area contributed by atoms with Gasteiger partial charge in [-0.3, -0.25) is 14.9 Å². The Balaban J connectivity index is 1.30. The van der Waals surface area contributed by atoms with Crippen molar-refractivity contribution in [3.05, 3.63) is 57.7 Å². The molecule has 1 saturated heterocycles. The summed E-state index contributed by atoms with van der Waals surface area (Å²) in [6.07, 6.45) is 6.06. The lowest BCUT2D eigenvalue weighted by Gasteiger charge is -2.40. The van der Waals surface area contributed by atoms with Crippen LogP contribution in [0.4, 0.5) is 28.8 Å². The highest BCUT2D eigenvalue weighted by molar-refractivity contribution is 6.36. The molecule has 1 aliphatic heterocycles. The number of nitrogens with one attached hydrogen (secondary N) is 2. The van der Waals surface area contributed by atoms with Crippen molar-refractivity contribution in [2.75, 3.05) is 59.2 Å². The van der Waals surface area contributed by atoms with E-state index in [2.05, 4.69) is 20.5 Å². The Morgan fingerprint density at radius 3 is 2.37 bits per heavy atom. The summed E-state index contributed by atoms with van der Waals surface area (Å²) in [5.41, 5.74) is 7.58. The van der Waals surface area contributed by atoms with Crippen LogP contribution in [-0.2, 0) is 4.79 Å². The van der Waals surface area contributed by atoms with E-state index in [4.69, 9.17) is 39.1 Å². The molecule has 1 aromatic carbocycles. The van der Waals surface area contributed by atoms with Gasteiger partial charge >= 0.3 is 0 Å². The number of carbonyl (C=O) groups excluding carboxylic acids is 1. The quantitative estimate of drug-likeness (QED) is 0.190. The number of amides is 1. The van der Waals surface area contributed by atoms with E-state index in [1.807, 2.05) is 23.1 Å². The van der Waals surface area contributed by atoms with Gasteiger partial charge in [0.05, 0.1) is 28.6 Å². The van der Waals surface area contributed by atoms with Crippen LogP contribution in [0.1, 0.15) is 32.1 Å². The van der Waals surface area contributed by atoms with Crippen molar-refractivity contribution in [1.82, 2.24) is 14.9 Å². The van der Waals surface area contributed by atoms with Crippen LogP contribution in [0.3, 0.4) is 0 Å². The minimum Gasteiger partial charge on any atom is -0.733 e. The fourth-order valence-electron chi connectivity index (χ4n) is 5.46. The van der Waals surface area contributed by atoms with Gasteiger partial charge in [0, 0.05) is 42.8 Å². The molecule has 0 unspecified atom stereocenters. The predicted octanol–water partition coefficient (Wildman–Crippen LogP) is 5.23. The van der Waals surface area contributed by atoms with Gasteiger partial charge in [0.15, 0.2) is 5.82 Å². The van der Waals surface area contributed by atoms with E-state index < -0.39 is 0 Å². The lowest BCUT2D eigenvalue weighted by atomic mass is 9.93. The third kappa shape index (κ3) is 6.94. The number of nitrogens with zero attached hydrogens (tertiary/aromatic N) is 5. The van der Waals surface area contributed by atoms with Gasteiger partial charge in [0.2, 0.25) is 5.91 Å². The summed E-state index contributed by atoms with van der Waals surface area (Å²) in [5.74, 6) is 1.03. The van der Waals surface area contributed by atoms with Crippen LogP contribution in [0, 0.1) is 5.21 Å². The molecule has 0 atom stereocenters. The van der Waals surface area contributed by atoms with E-state index in [1.54, 1.807) is 18.2 Å².